The van der Waals surface area contributed by atoms with Crippen LogP contribution in [0.1, 0.15) is 18.9 Å². The molecule has 0 saturated heterocycles. The minimum Gasteiger partial charge on any atom is -0.497 e. The highest BCUT2D eigenvalue weighted by atomic mass is 16.5. The Morgan fingerprint density at radius 3 is 2.56 bits per heavy atom. The third-order valence-corrected chi connectivity index (χ3v) is 3.87. The molecular weight excluding hydrogens is 318 g/mol. The number of likely N-dealkylation sites (N-methyl/N-ethyl adjacent to an activating group) is 1. The van der Waals surface area contributed by atoms with E-state index >= 15 is 0 Å². The molecule has 0 bridgehead atoms. The molecule has 6 heteroatoms. The molecule has 6 nitrogen and oxygen atoms in total. The molecule has 2 rings (SSSR count). The molecule has 3 amide bonds. The first-order valence-corrected chi connectivity index (χ1v) is 8.47. The first-order chi connectivity index (χ1) is 12.0. The molecule has 0 aliphatic carbocycles. The van der Waals surface area contributed by atoms with Crippen LogP contribution in [0.5, 0.6) is 5.75 Å². The lowest BCUT2D eigenvalue weighted by molar-refractivity contribution is -0.885. The summed E-state index contributed by atoms with van der Waals surface area (Å²) in [5, 5.41) is 7.23. The first kappa shape index (κ1) is 18.7. The summed E-state index contributed by atoms with van der Waals surface area (Å²) >= 11 is 0. The fraction of sp³-hybridized carbons (Fsp3) is 0.368. The molecule has 0 aliphatic rings. The number of carbonyl (C=O) groups excluding carboxylic acids is 2. The van der Waals surface area contributed by atoms with Gasteiger partial charge in [-0.2, -0.15) is 0 Å². The van der Waals surface area contributed by atoms with Crippen LogP contribution >= 0.6 is 0 Å². The molecule has 1 atom stereocenters. The van der Waals surface area contributed by atoms with Gasteiger partial charge in [-0.05, 0) is 35.4 Å². The molecule has 2 aromatic rings. The molecule has 0 fully saturated rings. The fourth-order valence-corrected chi connectivity index (χ4v) is 2.65. The zero-order chi connectivity index (χ0) is 18.2. The van der Waals surface area contributed by atoms with Gasteiger partial charge in [-0.15, -0.1) is 0 Å². The van der Waals surface area contributed by atoms with Crippen molar-refractivity contribution in [1.82, 2.24) is 10.6 Å². The SMILES string of the molecule is CCCNC(=O)NC(=O)C[NH+](C)Cc1ccc2cc(OC)ccc2c1. The first-order valence-electron chi connectivity index (χ1n) is 8.47. The van der Waals surface area contributed by atoms with Gasteiger partial charge in [0.25, 0.3) is 5.91 Å². The number of fused-ring (bicyclic) bond motifs is 1. The van der Waals surface area contributed by atoms with E-state index < -0.39 is 6.03 Å². The smallest absolute Gasteiger partial charge is 0.321 e. The summed E-state index contributed by atoms with van der Waals surface area (Å²) in [4.78, 5) is 24.4. The predicted molar refractivity (Wildman–Crippen MR) is 97.8 cm³/mol. The third kappa shape index (κ3) is 5.76. The number of amides is 3. The van der Waals surface area contributed by atoms with Gasteiger partial charge in [0.05, 0.1) is 14.2 Å². The van der Waals surface area contributed by atoms with Crippen molar-refractivity contribution >= 4 is 22.7 Å². The maximum Gasteiger partial charge on any atom is 0.321 e. The standard InChI is InChI=1S/C19H25N3O3/c1-4-9-20-19(24)21-18(23)13-22(2)12-14-5-6-16-11-17(25-3)8-7-15(16)10-14/h5-8,10-11H,4,9,12-13H2,1-3H3,(H2,20,21,23,24)/p+1. The average molecular weight is 344 g/mol. The number of hydrogen-bond acceptors (Lipinski definition) is 3. The Labute approximate surface area is 148 Å². The van der Waals surface area contributed by atoms with Crippen molar-refractivity contribution in [3.63, 3.8) is 0 Å². The van der Waals surface area contributed by atoms with Crippen LogP contribution in [0.3, 0.4) is 0 Å². The van der Waals surface area contributed by atoms with Crippen LogP contribution in [-0.4, -0.2) is 39.2 Å². The van der Waals surface area contributed by atoms with Gasteiger partial charge in [-0.1, -0.05) is 25.1 Å². The van der Waals surface area contributed by atoms with E-state index in [0.717, 1.165) is 33.4 Å². The van der Waals surface area contributed by atoms with E-state index in [0.29, 0.717) is 13.1 Å². The van der Waals surface area contributed by atoms with Gasteiger partial charge in [0, 0.05) is 12.1 Å². The van der Waals surface area contributed by atoms with E-state index in [1.807, 2.05) is 32.2 Å². The zero-order valence-corrected chi connectivity index (χ0v) is 15.0. The Bertz CT molecular complexity index is 746. The minimum atomic E-state index is -0.431. The molecule has 0 aromatic heterocycles. The largest absolute Gasteiger partial charge is 0.497 e. The van der Waals surface area contributed by atoms with Gasteiger partial charge in [0.2, 0.25) is 0 Å². The van der Waals surface area contributed by atoms with Crippen molar-refractivity contribution in [3.05, 3.63) is 42.0 Å². The van der Waals surface area contributed by atoms with Gasteiger partial charge in [0.15, 0.2) is 6.54 Å². The van der Waals surface area contributed by atoms with Gasteiger partial charge in [0.1, 0.15) is 12.3 Å². The van der Waals surface area contributed by atoms with Crippen LogP contribution in [-0.2, 0) is 11.3 Å². The number of quaternary nitrogens is 1. The molecular formula is C19H26N3O3+. The predicted octanol–water partition coefficient (Wildman–Crippen LogP) is 1.10. The Morgan fingerprint density at radius 1 is 1.12 bits per heavy atom. The second-order valence-electron chi connectivity index (χ2n) is 6.16. The Hall–Kier alpha value is -2.60. The molecule has 0 radical (unpaired) electrons. The quantitative estimate of drug-likeness (QED) is 0.704. The molecule has 0 saturated carbocycles. The zero-order valence-electron chi connectivity index (χ0n) is 15.0. The van der Waals surface area contributed by atoms with Crippen LogP contribution in [0.25, 0.3) is 10.8 Å². The maximum absolute atomic E-state index is 11.9. The van der Waals surface area contributed by atoms with E-state index in [4.69, 9.17) is 4.74 Å². The number of methoxy groups -OCH3 is 1. The number of urea groups is 1. The number of imide groups is 1. The summed E-state index contributed by atoms with van der Waals surface area (Å²) < 4.78 is 5.24. The highest BCUT2D eigenvalue weighted by molar-refractivity contribution is 5.94. The van der Waals surface area contributed by atoms with Crippen molar-refractivity contribution in [2.45, 2.75) is 19.9 Å². The molecule has 1 unspecified atom stereocenters. The van der Waals surface area contributed by atoms with Gasteiger partial charge in [-0.25, -0.2) is 4.79 Å². The number of benzene rings is 2. The van der Waals surface area contributed by atoms with E-state index in [1.165, 1.54) is 0 Å². The molecule has 0 aliphatic heterocycles. The number of rotatable bonds is 7. The van der Waals surface area contributed by atoms with Crippen molar-refractivity contribution in [2.24, 2.45) is 0 Å². The minimum absolute atomic E-state index is 0.236. The summed E-state index contributed by atoms with van der Waals surface area (Å²) in [6.45, 7) is 3.45. The summed E-state index contributed by atoms with van der Waals surface area (Å²) in [5.74, 6) is 0.553. The van der Waals surface area contributed by atoms with Gasteiger partial charge < -0.3 is 15.0 Å². The van der Waals surface area contributed by atoms with E-state index in [2.05, 4.69) is 28.8 Å². The number of nitrogens with one attached hydrogen (secondary N) is 3. The van der Waals surface area contributed by atoms with Gasteiger partial charge >= 0.3 is 6.03 Å². The Balaban J connectivity index is 1.91. The highest BCUT2D eigenvalue weighted by Gasteiger charge is 2.13. The highest BCUT2D eigenvalue weighted by Crippen LogP contribution is 2.21. The van der Waals surface area contributed by atoms with E-state index in [9.17, 15) is 9.59 Å². The topological polar surface area (TPSA) is 71.9 Å². The van der Waals surface area contributed by atoms with Crippen molar-refractivity contribution < 1.29 is 19.2 Å². The van der Waals surface area contributed by atoms with Crippen LogP contribution in [0.15, 0.2) is 36.4 Å². The average Bonchev–Trinajstić information content (AvgIpc) is 2.59. The Kier molecular flexibility index (Phi) is 6.77. The lowest BCUT2D eigenvalue weighted by Crippen LogP contribution is -3.09. The third-order valence-electron chi connectivity index (χ3n) is 3.87. The fourth-order valence-electron chi connectivity index (χ4n) is 2.65. The Morgan fingerprint density at radius 2 is 1.84 bits per heavy atom. The second-order valence-corrected chi connectivity index (χ2v) is 6.16. The molecule has 0 spiro atoms. The molecule has 0 heterocycles. The molecule has 2 aromatic carbocycles. The summed E-state index contributed by atoms with van der Waals surface area (Å²) in [7, 11) is 3.59. The van der Waals surface area contributed by atoms with Crippen molar-refractivity contribution in [1.29, 1.82) is 0 Å². The van der Waals surface area contributed by atoms with Crippen LogP contribution in [0.4, 0.5) is 4.79 Å². The summed E-state index contributed by atoms with van der Waals surface area (Å²) in [6.07, 6.45) is 0.834. The molecule has 25 heavy (non-hydrogen) atoms. The van der Waals surface area contributed by atoms with Gasteiger partial charge in [-0.3, -0.25) is 10.1 Å². The van der Waals surface area contributed by atoms with Crippen LogP contribution in [0.2, 0.25) is 0 Å². The van der Waals surface area contributed by atoms with E-state index in [-0.39, 0.29) is 12.5 Å². The maximum atomic E-state index is 11.9. The van der Waals surface area contributed by atoms with Crippen LogP contribution in [0, 0.1) is 0 Å². The molecule has 3 N–H and O–H groups in total. The second kappa shape index (κ2) is 9.03. The summed E-state index contributed by atoms with van der Waals surface area (Å²) in [5.41, 5.74) is 1.14. The van der Waals surface area contributed by atoms with E-state index in [1.54, 1.807) is 7.11 Å². The summed E-state index contributed by atoms with van der Waals surface area (Å²) in [6, 6.07) is 11.8. The van der Waals surface area contributed by atoms with Crippen molar-refractivity contribution in [2.75, 3.05) is 27.2 Å². The number of ether oxygens (including phenoxy) is 1. The lowest BCUT2D eigenvalue weighted by Gasteiger charge is -2.14. The normalized spacial score (nSPS) is 11.8. The monoisotopic (exact) mass is 344 g/mol. The van der Waals surface area contributed by atoms with Crippen molar-refractivity contribution in [3.8, 4) is 5.75 Å². The lowest BCUT2D eigenvalue weighted by atomic mass is 10.1. The number of carbonyl (C=O) groups is 2. The molecule has 134 valence electrons. The number of hydrogen-bond donors (Lipinski definition) is 3. The van der Waals surface area contributed by atoms with Crippen LogP contribution < -0.4 is 20.3 Å².